The van der Waals surface area contributed by atoms with Crippen LogP contribution in [-0.2, 0) is 6.54 Å². The van der Waals surface area contributed by atoms with Crippen LogP contribution in [0.5, 0.6) is 0 Å². The van der Waals surface area contributed by atoms with Gasteiger partial charge in [0.25, 0.3) is 5.69 Å². The van der Waals surface area contributed by atoms with Crippen LogP contribution in [0.25, 0.3) is 11.3 Å². The van der Waals surface area contributed by atoms with Crippen molar-refractivity contribution >= 4 is 5.69 Å². The highest BCUT2D eigenvalue weighted by Gasteiger charge is 2.15. The van der Waals surface area contributed by atoms with Crippen LogP contribution in [0.4, 0.5) is 5.69 Å². The molecule has 7 nitrogen and oxygen atoms in total. The van der Waals surface area contributed by atoms with Crippen LogP contribution in [0.3, 0.4) is 0 Å². The maximum absolute atomic E-state index is 11.6. The maximum Gasteiger partial charge on any atom is 0.362 e. The molecule has 0 radical (unpaired) electrons. The molecule has 1 N–H and O–H groups in total. The molecule has 0 saturated heterocycles. The molecular weight excluding hydrogens is 250 g/mol. The van der Waals surface area contributed by atoms with Gasteiger partial charge in [-0.05, 0) is 26.2 Å². The zero-order valence-electron chi connectivity index (χ0n) is 10.5. The summed E-state index contributed by atoms with van der Waals surface area (Å²) < 4.78 is 4.79. The van der Waals surface area contributed by atoms with Gasteiger partial charge < -0.3 is 9.42 Å². The van der Waals surface area contributed by atoms with Gasteiger partial charge in [0.2, 0.25) is 0 Å². The van der Waals surface area contributed by atoms with Gasteiger partial charge in [-0.1, -0.05) is 0 Å². The van der Waals surface area contributed by atoms with Crippen molar-refractivity contribution in [1.29, 1.82) is 0 Å². The van der Waals surface area contributed by atoms with Gasteiger partial charge in [-0.15, -0.1) is 0 Å². The molecule has 0 saturated carbocycles. The Hall–Kier alpha value is -2.41. The number of aromatic amines is 1. The number of benzene rings is 1. The molecule has 0 amide bonds. The SMILES string of the molecule is CN(C)Cc1c(-c2ccc([N+](=O)[O-])cc2)[nH]oc1=O. The fraction of sp³-hybridized carbons (Fsp3) is 0.250. The van der Waals surface area contributed by atoms with Gasteiger partial charge >= 0.3 is 5.63 Å². The van der Waals surface area contributed by atoms with Crippen LogP contribution in [0.2, 0.25) is 0 Å². The van der Waals surface area contributed by atoms with Gasteiger partial charge in [0.05, 0.1) is 16.2 Å². The number of H-pyrrole nitrogens is 1. The van der Waals surface area contributed by atoms with E-state index in [1.807, 2.05) is 19.0 Å². The van der Waals surface area contributed by atoms with E-state index in [4.69, 9.17) is 4.52 Å². The van der Waals surface area contributed by atoms with Gasteiger partial charge in [-0.25, -0.2) is 9.95 Å². The summed E-state index contributed by atoms with van der Waals surface area (Å²) in [6.45, 7) is 0.429. The highest BCUT2D eigenvalue weighted by atomic mass is 16.6. The van der Waals surface area contributed by atoms with Crippen LogP contribution in [0.1, 0.15) is 5.56 Å². The Balaban J connectivity index is 2.41. The first-order valence-corrected chi connectivity index (χ1v) is 5.59. The Morgan fingerprint density at radius 3 is 2.47 bits per heavy atom. The highest BCUT2D eigenvalue weighted by molar-refractivity contribution is 5.63. The van der Waals surface area contributed by atoms with Crippen molar-refractivity contribution in [2.24, 2.45) is 0 Å². The molecule has 19 heavy (non-hydrogen) atoms. The van der Waals surface area contributed by atoms with Crippen molar-refractivity contribution in [1.82, 2.24) is 10.1 Å². The molecule has 0 atom stereocenters. The number of aromatic nitrogens is 1. The fourth-order valence-corrected chi connectivity index (χ4v) is 1.77. The standard InChI is InChI=1S/C12H13N3O4/c1-14(2)7-10-11(13-19-12(10)16)8-3-5-9(6-4-8)15(17)18/h3-6,13H,7H2,1-2H3. The summed E-state index contributed by atoms with van der Waals surface area (Å²) in [5.74, 6) is 0. The zero-order chi connectivity index (χ0) is 14.0. The van der Waals surface area contributed by atoms with E-state index in [1.165, 1.54) is 12.1 Å². The normalized spacial score (nSPS) is 10.9. The first kappa shape index (κ1) is 13.0. The van der Waals surface area contributed by atoms with Crippen molar-refractivity contribution in [3.8, 4) is 11.3 Å². The number of rotatable bonds is 4. The van der Waals surface area contributed by atoms with E-state index in [-0.39, 0.29) is 5.69 Å². The van der Waals surface area contributed by atoms with Gasteiger partial charge in [0.15, 0.2) is 0 Å². The van der Waals surface area contributed by atoms with Crippen LogP contribution in [0, 0.1) is 10.1 Å². The van der Waals surface area contributed by atoms with Crippen molar-refractivity contribution in [2.75, 3.05) is 14.1 Å². The Bertz CT molecular complexity index is 640. The average molecular weight is 263 g/mol. The van der Waals surface area contributed by atoms with Crippen molar-refractivity contribution < 1.29 is 9.45 Å². The van der Waals surface area contributed by atoms with Gasteiger partial charge in [0.1, 0.15) is 0 Å². The summed E-state index contributed by atoms with van der Waals surface area (Å²) in [6.07, 6.45) is 0. The molecule has 2 aromatic rings. The minimum Gasteiger partial charge on any atom is -0.338 e. The zero-order valence-corrected chi connectivity index (χ0v) is 10.5. The van der Waals surface area contributed by atoms with E-state index in [9.17, 15) is 14.9 Å². The molecule has 1 aromatic carbocycles. The number of hydrogen-bond donors (Lipinski definition) is 1. The summed E-state index contributed by atoms with van der Waals surface area (Å²) in [5.41, 5.74) is 1.30. The highest BCUT2D eigenvalue weighted by Crippen LogP contribution is 2.23. The van der Waals surface area contributed by atoms with Crippen molar-refractivity contribution in [2.45, 2.75) is 6.54 Å². The first-order chi connectivity index (χ1) is 8.99. The monoisotopic (exact) mass is 263 g/mol. The van der Waals surface area contributed by atoms with Crippen LogP contribution < -0.4 is 5.63 Å². The quantitative estimate of drug-likeness (QED) is 0.668. The molecule has 100 valence electrons. The smallest absolute Gasteiger partial charge is 0.338 e. The number of non-ortho nitro benzene ring substituents is 1. The molecular formula is C12H13N3O4. The summed E-state index contributed by atoms with van der Waals surface area (Å²) in [4.78, 5) is 23.6. The minimum absolute atomic E-state index is 0.00347. The molecule has 0 fully saturated rings. The molecule has 0 aliphatic heterocycles. The van der Waals surface area contributed by atoms with E-state index in [1.54, 1.807) is 12.1 Å². The van der Waals surface area contributed by atoms with Crippen molar-refractivity contribution in [3.63, 3.8) is 0 Å². The second-order valence-corrected chi connectivity index (χ2v) is 4.39. The Kier molecular flexibility index (Phi) is 3.48. The fourth-order valence-electron chi connectivity index (χ4n) is 1.77. The number of nitro benzene ring substituents is 1. The van der Waals surface area contributed by atoms with Crippen LogP contribution in [0.15, 0.2) is 33.6 Å². The molecule has 0 spiro atoms. The third-order valence-corrected chi connectivity index (χ3v) is 2.64. The van der Waals surface area contributed by atoms with E-state index in [0.29, 0.717) is 23.4 Å². The largest absolute Gasteiger partial charge is 0.362 e. The van der Waals surface area contributed by atoms with Gasteiger partial charge in [-0.2, -0.15) is 0 Å². The summed E-state index contributed by atoms with van der Waals surface area (Å²) in [6, 6.07) is 5.94. The van der Waals surface area contributed by atoms with Gasteiger partial charge in [0, 0.05) is 24.2 Å². The Morgan fingerprint density at radius 1 is 1.32 bits per heavy atom. The summed E-state index contributed by atoms with van der Waals surface area (Å²) in [5, 5.41) is 13.1. The number of nitro groups is 1. The molecule has 1 aromatic heterocycles. The van der Waals surface area contributed by atoms with E-state index >= 15 is 0 Å². The Morgan fingerprint density at radius 2 is 1.95 bits per heavy atom. The number of nitrogens with zero attached hydrogens (tertiary/aromatic N) is 2. The van der Waals surface area contributed by atoms with Crippen LogP contribution >= 0.6 is 0 Å². The second-order valence-electron chi connectivity index (χ2n) is 4.39. The third kappa shape index (κ3) is 2.71. The summed E-state index contributed by atoms with van der Waals surface area (Å²) >= 11 is 0. The van der Waals surface area contributed by atoms with E-state index < -0.39 is 10.5 Å². The third-order valence-electron chi connectivity index (χ3n) is 2.64. The predicted molar refractivity (Wildman–Crippen MR) is 68.8 cm³/mol. The topological polar surface area (TPSA) is 92.4 Å². The molecule has 2 rings (SSSR count). The van der Waals surface area contributed by atoms with Crippen LogP contribution in [-0.4, -0.2) is 29.1 Å². The molecule has 7 heteroatoms. The van der Waals surface area contributed by atoms with E-state index in [0.717, 1.165) is 0 Å². The molecule has 1 heterocycles. The molecule has 0 bridgehead atoms. The predicted octanol–water partition coefficient (Wildman–Crippen LogP) is 1.60. The van der Waals surface area contributed by atoms with E-state index in [2.05, 4.69) is 5.16 Å². The lowest BCUT2D eigenvalue weighted by molar-refractivity contribution is -0.384. The van der Waals surface area contributed by atoms with Crippen molar-refractivity contribution in [3.05, 3.63) is 50.4 Å². The lowest BCUT2D eigenvalue weighted by Gasteiger charge is -2.08. The lowest BCUT2D eigenvalue weighted by atomic mass is 10.1. The lowest BCUT2D eigenvalue weighted by Crippen LogP contribution is -2.16. The summed E-state index contributed by atoms with van der Waals surface area (Å²) in [7, 11) is 3.68. The number of nitrogens with one attached hydrogen (secondary N) is 1. The second kappa shape index (κ2) is 5.07. The van der Waals surface area contributed by atoms with Gasteiger partial charge in [-0.3, -0.25) is 10.1 Å². The molecule has 0 aliphatic carbocycles. The first-order valence-electron chi connectivity index (χ1n) is 5.59. The molecule has 0 aliphatic rings. The minimum atomic E-state index is -0.470. The maximum atomic E-state index is 11.6. The number of hydrogen-bond acceptors (Lipinski definition) is 5. The Labute approximate surface area is 108 Å². The average Bonchev–Trinajstić information content (AvgIpc) is 2.71. The molecule has 0 unspecified atom stereocenters.